The van der Waals surface area contributed by atoms with Gasteiger partial charge in [-0.15, -0.1) is 0 Å². The normalized spacial score (nSPS) is 11.3. The lowest BCUT2D eigenvalue weighted by Gasteiger charge is -2.13. The van der Waals surface area contributed by atoms with Crippen molar-refractivity contribution in [2.24, 2.45) is 0 Å². The average molecular weight is 343 g/mol. The number of rotatable bonds is 7. The summed E-state index contributed by atoms with van der Waals surface area (Å²) in [6.45, 7) is -0.777. The third-order valence-corrected chi connectivity index (χ3v) is 4.17. The van der Waals surface area contributed by atoms with E-state index >= 15 is 0 Å². The van der Waals surface area contributed by atoms with Crippen LogP contribution in [0.15, 0.2) is 53.4 Å². The molecule has 2 rings (SSSR count). The average Bonchev–Trinajstić information content (AvgIpc) is 2.49. The van der Waals surface area contributed by atoms with Gasteiger partial charge in [0.05, 0.1) is 17.2 Å². The molecule has 124 valence electrons. The molecule has 0 spiro atoms. The van der Waals surface area contributed by atoms with Gasteiger partial charge in [-0.1, -0.05) is 12.1 Å². The molecule has 2 aromatic carbocycles. The maximum Gasteiger partial charge on any atom is 0.387 e. The van der Waals surface area contributed by atoms with E-state index in [0.717, 1.165) is 0 Å². The van der Waals surface area contributed by atoms with Crippen LogP contribution >= 0.6 is 0 Å². The Labute approximate surface area is 132 Å². The van der Waals surface area contributed by atoms with Gasteiger partial charge in [-0.3, -0.25) is 4.72 Å². The Balaban J connectivity index is 2.24. The van der Waals surface area contributed by atoms with Crippen LogP contribution in [0.2, 0.25) is 0 Å². The van der Waals surface area contributed by atoms with Gasteiger partial charge in [0.2, 0.25) is 0 Å². The molecule has 0 unspecified atom stereocenters. The summed E-state index contributed by atoms with van der Waals surface area (Å²) >= 11 is 0. The van der Waals surface area contributed by atoms with Crippen molar-refractivity contribution in [3.63, 3.8) is 0 Å². The van der Waals surface area contributed by atoms with Crippen molar-refractivity contribution in [3.8, 4) is 11.5 Å². The Morgan fingerprint density at radius 1 is 1.09 bits per heavy atom. The molecule has 2 aromatic rings. The topological polar surface area (TPSA) is 64.6 Å². The molecule has 0 atom stereocenters. The number of para-hydroxylation sites is 2. The molecule has 0 amide bonds. The second-order valence-electron chi connectivity index (χ2n) is 4.38. The van der Waals surface area contributed by atoms with Crippen molar-refractivity contribution >= 4 is 15.7 Å². The van der Waals surface area contributed by atoms with Gasteiger partial charge in [0, 0.05) is 0 Å². The molecular weight excluding hydrogens is 328 g/mol. The second kappa shape index (κ2) is 7.28. The summed E-state index contributed by atoms with van der Waals surface area (Å²) in [7, 11) is -3.93. The number of ether oxygens (including phenoxy) is 2. The fourth-order valence-electron chi connectivity index (χ4n) is 1.84. The van der Waals surface area contributed by atoms with Crippen LogP contribution in [0.4, 0.5) is 14.5 Å². The fourth-order valence-corrected chi connectivity index (χ4v) is 2.91. The van der Waals surface area contributed by atoms with E-state index in [1.807, 2.05) is 6.92 Å². The van der Waals surface area contributed by atoms with Crippen molar-refractivity contribution in [3.05, 3.63) is 48.5 Å². The van der Waals surface area contributed by atoms with Crippen LogP contribution in [0, 0.1) is 0 Å². The smallest absolute Gasteiger partial charge is 0.387 e. The van der Waals surface area contributed by atoms with E-state index in [2.05, 4.69) is 9.46 Å². The van der Waals surface area contributed by atoms with Crippen LogP contribution in [0.25, 0.3) is 0 Å². The summed E-state index contributed by atoms with van der Waals surface area (Å²) in [6, 6.07) is 11.3. The summed E-state index contributed by atoms with van der Waals surface area (Å²) in [6.07, 6.45) is 0. The van der Waals surface area contributed by atoms with Crippen LogP contribution < -0.4 is 14.2 Å². The lowest BCUT2D eigenvalue weighted by molar-refractivity contribution is -0.0493. The molecule has 0 bridgehead atoms. The summed E-state index contributed by atoms with van der Waals surface area (Å²) in [4.78, 5) is -0.0206. The second-order valence-corrected chi connectivity index (χ2v) is 6.07. The van der Waals surface area contributed by atoms with E-state index in [9.17, 15) is 17.2 Å². The number of alkyl halides is 2. The van der Waals surface area contributed by atoms with Crippen molar-refractivity contribution in [2.45, 2.75) is 18.4 Å². The number of anilines is 1. The zero-order valence-corrected chi connectivity index (χ0v) is 13.0. The predicted octanol–water partition coefficient (Wildman–Crippen LogP) is 3.49. The first-order valence-corrected chi connectivity index (χ1v) is 8.20. The molecule has 0 aromatic heterocycles. The lowest BCUT2D eigenvalue weighted by Crippen LogP contribution is -2.14. The predicted molar refractivity (Wildman–Crippen MR) is 81.5 cm³/mol. The molecule has 8 heteroatoms. The van der Waals surface area contributed by atoms with Gasteiger partial charge in [-0.2, -0.15) is 8.78 Å². The van der Waals surface area contributed by atoms with Crippen LogP contribution in [-0.4, -0.2) is 21.6 Å². The Kier molecular flexibility index (Phi) is 5.38. The Hall–Kier alpha value is -2.35. The molecule has 0 saturated carbocycles. The zero-order chi connectivity index (χ0) is 16.9. The van der Waals surface area contributed by atoms with E-state index in [1.54, 1.807) is 0 Å². The highest BCUT2D eigenvalue weighted by molar-refractivity contribution is 7.92. The highest BCUT2D eigenvalue weighted by Crippen LogP contribution is 2.28. The van der Waals surface area contributed by atoms with E-state index in [-0.39, 0.29) is 16.3 Å². The Morgan fingerprint density at radius 2 is 1.74 bits per heavy atom. The minimum Gasteiger partial charge on any atom is -0.494 e. The van der Waals surface area contributed by atoms with E-state index in [0.29, 0.717) is 12.4 Å². The van der Waals surface area contributed by atoms with Gasteiger partial charge in [0.1, 0.15) is 11.5 Å². The highest BCUT2D eigenvalue weighted by Gasteiger charge is 2.18. The monoisotopic (exact) mass is 343 g/mol. The number of benzene rings is 2. The molecule has 0 fully saturated rings. The minimum absolute atomic E-state index is 0.0206. The SMILES string of the molecule is CCOc1ccc(S(=O)(=O)Nc2ccccc2OC(F)F)cc1. The molecule has 0 heterocycles. The highest BCUT2D eigenvalue weighted by atomic mass is 32.2. The van der Waals surface area contributed by atoms with Gasteiger partial charge >= 0.3 is 6.61 Å². The summed E-state index contributed by atoms with van der Waals surface area (Å²) < 4.78 is 61.1. The fraction of sp³-hybridized carbons (Fsp3) is 0.200. The molecule has 23 heavy (non-hydrogen) atoms. The Morgan fingerprint density at radius 3 is 2.35 bits per heavy atom. The van der Waals surface area contributed by atoms with E-state index in [1.165, 1.54) is 48.5 Å². The largest absolute Gasteiger partial charge is 0.494 e. The number of hydrogen-bond acceptors (Lipinski definition) is 4. The van der Waals surface area contributed by atoms with Crippen LogP contribution in [0.1, 0.15) is 6.92 Å². The van der Waals surface area contributed by atoms with Gasteiger partial charge in [0.15, 0.2) is 0 Å². The molecule has 0 aliphatic rings. The molecule has 0 aliphatic heterocycles. The first-order chi connectivity index (χ1) is 10.9. The Bertz CT molecular complexity index is 748. The van der Waals surface area contributed by atoms with Crippen molar-refractivity contribution in [1.82, 2.24) is 0 Å². The van der Waals surface area contributed by atoms with Gasteiger partial charge in [0.25, 0.3) is 10.0 Å². The molecule has 0 aliphatic carbocycles. The first kappa shape index (κ1) is 17.0. The maximum absolute atomic E-state index is 12.4. The third-order valence-electron chi connectivity index (χ3n) is 2.79. The first-order valence-electron chi connectivity index (χ1n) is 6.72. The maximum atomic E-state index is 12.4. The molecule has 0 radical (unpaired) electrons. The summed E-state index contributed by atoms with van der Waals surface area (Å²) in [5.41, 5.74) is -0.0679. The van der Waals surface area contributed by atoms with Crippen LogP contribution in [0.3, 0.4) is 0 Å². The number of sulfonamides is 1. The molecule has 0 saturated heterocycles. The summed E-state index contributed by atoms with van der Waals surface area (Å²) in [5, 5.41) is 0. The van der Waals surface area contributed by atoms with E-state index in [4.69, 9.17) is 4.74 Å². The van der Waals surface area contributed by atoms with Gasteiger partial charge in [-0.05, 0) is 43.3 Å². The van der Waals surface area contributed by atoms with Crippen molar-refractivity contribution in [2.75, 3.05) is 11.3 Å². The number of halogens is 2. The van der Waals surface area contributed by atoms with Gasteiger partial charge < -0.3 is 9.47 Å². The minimum atomic E-state index is -3.93. The van der Waals surface area contributed by atoms with Gasteiger partial charge in [-0.25, -0.2) is 8.42 Å². The zero-order valence-electron chi connectivity index (χ0n) is 12.2. The van der Waals surface area contributed by atoms with Crippen LogP contribution in [-0.2, 0) is 10.0 Å². The van der Waals surface area contributed by atoms with Crippen molar-refractivity contribution in [1.29, 1.82) is 0 Å². The van der Waals surface area contributed by atoms with Crippen LogP contribution in [0.5, 0.6) is 11.5 Å². The molecule has 5 nitrogen and oxygen atoms in total. The number of hydrogen-bond donors (Lipinski definition) is 1. The lowest BCUT2D eigenvalue weighted by atomic mass is 10.3. The van der Waals surface area contributed by atoms with E-state index < -0.39 is 16.6 Å². The van der Waals surface area contributed by atoms with Crippen molar-refractivity contribution < 1.29 is 26.7 Å². The number of nitrogens with one attached hydrogen (secondary N) is 1. The summed E-state index contributed by atoms with van der Waals surface area (Å²) in [5.74, 6) is 0.282. The molecule has 1 N–H and O–H groups in total. The third kappa shape index (κ3) is 4.56. The molecular formula is C15H15F2NO4S. The standard InChI is InChI=1S/C15H15F2NO4S/c1-2-21-11-7-9-12(10-8-11)23(19,20)18-13-5-3-4-6-14(13)22-15(16)17/h3-10,15,18H,2H2,1H3. The quantitative estimate of drug-likeness (QED) is 0.836.